The van der Waals surface area contributed by atoms with Gasteiger partial charge in [0.05, 0.1) is 11.4 Å². The second-order valence-corrected chi connectivity index (χ2v) is 6.30. The molecule has 3 rings (SSSR count). The minimum atomic E-state index is -0.514. The van der Waals surface area contributed by atoms with Crippen LogP contribution in [0, 0.1) is 13.8 Å². The zero-order chi connectivity index (χ0) is 18.7. The van der Waals surface area contributed by atoms with Gasteiger partial charge in [0.2, 0.25) is 0 Å². The van der Waals surface area contributed by atoms with Crippen LogP contribution < -0.4 is 0 Å². The molecule has 0 aliphatic carbocycles. The molecule has 6 heteroatoms. The van der Waals surface area contributed by atoms with Crippen molar-refractivity contribution in [1.29, 1.82) is 0 Å². The van der Waals surface area contributed by atoms with Crippen LogP contribution in [-0.4, -0.2) is 21.0 Å². The highest BCUT2D eigenvalue weighted by Crippen LogP contribution is 2.21. The molecule has 5 nitrogen and oxygen atoms in total. The van der Waals surface area contributed by atoms with Crippen LogP contribution in [0.15, 0.2) is 49.0 Å². The van der Waals surface area contributed by atoms with Crippen LogP contribution >= 0.6 is 11.6 Å². The highest BCUT2D eigenvalue weighted by molar-refractivity contribution is 6.31. The second kappa shape index (κ2) is 7.54. The third-order valence-corrected chi connectivity index (χ3v) is 4.48. The standard InChI is InChI=1S/C20H18ClN3O2/c1-4-15-6-8-16(9-7-15)12-26-20(25)19-14(3)24(23-22-19)17-10-5-13(2)18(21)11-17/h4-11H,1,12H2,2-3H3. The van der Waals surface area contributed by atoms with E-state index in [1.165, 1.54) is 0 Å². The van der Waals surface area contributed by atoms with E-state index in [0.717, 1.165) is 22.4 Å². The normalized spacial score (nSPS) is 10.6. The Balaban J connectivity index is 1.74. The molecule has 0 saturated carbocycles. The largest absolute Gasteiger partial charge is 0.456 e. The summed E-state index contributed by atoms with van der Waals surface area (Å²) in [5.74, 6) is -0.514. The smallest absolute Gasteiger partial charge is 0.361 e. The van der Waals surface area contributed by atoms with Crippen LogP contribution in [0.4, 0.5) is 0 Å². The topological polar surface area (TPSA) is 57.0 Å². The molecule has 0 radical (unpaired) electrons. The summed E-state index contributed by atoms with van der Waals surface area (Å²) in [5.41, 5.74) is 4.39. The van der Waals surface area contributed by atoms with Crippen LogP contribution in [0.5, 0.6) is 0 Å². The van der Waals surface area contributed by atoms with Crippen LogP contribution in [0.2, 0.25) is 5.02 Å². The van der Waals surface area contributed by atoms with Gasteiger partial charge in [-0.1, -0.05) is 59.8 Å². The lowest BCUT2D eigenvalue weighted by atomic mass is 10.1. The molecule has 3 aromatic rings. The molecule has 0 N–H and O–H groups in total. The monoisotopic (exact) mass is 367 g/mol. The molecule has 0 saturated heterocycles. The number of ether oxygens (including phenoxy) is 1. The molecule has 0 unspecified atom stereocenters. The number of benzene rings is 2. The Morgan fingerprint density at radius 2 is 1.96 bits per heavy atom. The zero-order valence-corrected chi connectivity index (χ0v) is 15.3. The number of hydrogen-bond donors (Lipinski definition) is 0. The molecule has 0 fully saturated rings. The molecule has 1 aromatic heterocycles. The van der Waals surface area contributed by atoms with Gasteiger partial charge in [-0.05, 0) is 42.7 Å². The number of carbonyl (C=O) groups is 1. The predicted molar refractivity (Wildman–Crippen MR) is 101 cm³/mol. The lowest BCUT2D eigenvalue weighted by molar-refractivity contribution is 0.0464. The van der Waals surface area contributed by atoms with Crippen molar-refractivity contribution in [3.8, 4) is 5.69 Å². The average Bonchev–Trinajstić information content (AvgIpc) is 3.04. The molecule has 1 heterocycles. The quantitative estimate of drug-likeness (QED) is 0.621. The summed E-state index contributed by atoms with van der Waals surface area (Å²) in [6.07, 6.45) is 1.76. The van der Waals surface area contributed by atoms with Gasteiger partial charge in [0, 0.05) is 5.02 Å². The van der Waals surface area contributed by atoms with E-state index in [-0.39, 0.29) is 12.3 Å². The van der Waals surface area contributed by atoms with E-state index in [1.807, 2.05) is 43.3 Å². The Morgan fingerprint density at radius 1 is 1.23 bits per heavy atom. The van der Waals surface area contributed by atoms with E-state index >= 15 is 0 Å². The first kappa shape index (κ1) is 17.9. The summed E-state index contributed by atoms with van der Waals surface area (Å²) in [6.45, 7) is 7.56. The first-order valence-electron chi connectivity index (χ1n) is 8.07. The molecule has 0 bridgehead atoms. The minimum absolute atomic E-state index is 0.166. The van der Waals surface area contributed by atoms with Crippen molar-refractivity contribution < 1.29 is 9.53 Å². The van der Waals surface area contributed by atoms with Crippen LogP contribution in [-0.2, 0) is 11.3 Å². The summed E-state index contributed by atoms with van der Waals surface area (Å²) in [7, 11) is 0. The summed E-state index contributed by atoms with van der Waals surface area (Å²) < 4.78 is 6.92. The molecular formula is C20H18ClN3O2. The fourth-order valence-corrected chi connectivity index (χ4v) is 2.62. The fraction of sp³-hybridized carbons (Fsp3) is 0.150. The Bertz CT molecular complexity index is 962. The van der Waals surface area contributed by atoms with Crippen LogP contribution in [0.25, 0.3) is 11.8 Å². The third-order valence-electron chi connectivity index (χ3n) is 4.07. The molecule has 0 atom stereocenters. The Labute approximate surface area is 156 Å². The van der Waals surface area contributed by atoms with Crippen molar-refractivity contribution in [2.45, 2.75) is 20.5 Å². The number of aryl methyl sites for hydroxylation is 1. The van der Waals surface area contributed by atoms with Gasteiger partial charge >= 0.3 is 5.97 Å². The SMILES string of the molecule is C=Cc1ccc(COC(=O)c2nnn(-c3ccc(C)c(Cl)c3)c2C)cc1. The van der Waals surface area contributed by atoms with Gasteiger partial charge in [-0.15, -0.1) is 5.10 Å². The van der Waals surface area contributed by atoms with E-state index in [0.29, 0.717) is 10.7 Å². The Kier molecular flexibility index (Phi) is 5.19. The molecule has 132 valence electrons. The number of carbonyl (C=O) groups excluding carboxylic acids is 1. The lowest BCUT2D eigenvalue weighted by Gasteiger charge is -2.06. The molecule has 2 aromatic carbocycles. The Morgan fingerprint density at radius 3 is 2.62 bits per heavy atom. The van der Waals surface area contributed by atoms with E-state index in [4.69, 9.17) is 16.3 Å². The third kappa shape index (κ3) is 3.68. The first-order valence-corrected chi connectivity index (χ1v) is 8.44. The second-order valence-electron chi connectivity index (χ2n) is 5.89. The van der Waals surface area contributed by atoms with Gasteiger partial charge in [0.25, 0.3) is 0 Å². The summed E-state index contributed by atoms with van der Waals surface area (Å²) in [5, 5.41) is 8.65. The maximum atomic E-state index is 12.3. The van der Waals surface area contributed by atoms with Gasteiger partial charge in [-0.2, -0.15) is 0 Å². The number of nitrogens with zero attached hydrogens (tertiary/aromatic N) is 3. The van der Waals surface area contributed by atoms with E-state index in [9.17, 15) is 4.79 Å². The maximum Gasteiger partial charge on any atom is 0.361 e. The van der Waals surface area contributed by atoms with E-state index in [1.54, 1.807) is 23.7 Å². The van der Waals surface area contributed by atoms with Crippen molar-refractivity contribution in [2.75, 3.05) is 0 Å². The maximum absolute atomic E-state index is 12.3. The molecule has 0 aliphatic rings. The first-order chi connectivity index (χ1) is 12.5. The number of halogens is 1. The van der Waals surface area contributed by atoms with E-state index < -0.39 is 5.97 Å². The van der Waals surface area contributed by atoms with Gasteiger partial charge in [-0.25, -0.2) is 9.48 Å². The summed E-state index contributed by atoms with van der Waals surface area (Å²) >= 11 is 6.17. The van der Waals surface area contributed by atoms with Crippen molar-refractivity contribution in [3.63, 3.8) is 0 Å². The number of rotatable bonds is 5. The van der Waals surface area contributed by atoms with Crippen molar-refractivity contribution >= 4 is 23.6 Å². The zero-order valence-electron chi connectivity index (χ0n) is 14.6. The summed E-state index contributed by atoms with van der Waals surface area (Å²) in [6, 6.07) is 13.2. The molecular weight excluding hydrogens is 350 g/mol. The van der Waals surface area contributed by atoms with E-state index in [2.05, 4.69) is 16.9 Å². The van der Waals surface area contributed by atoms with Crippen LogP contribution in [0.1, 0.15) is 32.9 Å². The van der Waals surface area contributed by atoms with Gasteiger partial charge < -0.3 is 4.74 Å². The molecule has 0 amide bonds. The highest BCUT2D eigenvalue weighted by Gasteiger charge is 2.19. The lowest BCUT2D eigenvalue weighted by Crippen LogP contribution is -2.08. The minimum Gasteiger partial charge on any atom is -0.456 e. The highest BCUT2D eigenvalue weighted by atomic mass is 35.5. The fourth-order valence-electron chi connectivity index (χ4n) is 2.44. The number of hydrogen-bond acceptors (Lipinski definition) is 4. The van der Waals surface area contributed by atoms with Crippen molar-refractivity contribution in [3.05, 3.63) is 82.1 Å². The van der Waals surface area contributed by atoms with Gasteiger partial charge in [-0.3, -0.25) is 0 Å². The number of esters is 1. The molecule has 0 aliphatic heterocycles. The number of aromatic nitrogens is 3. The average molecular weight is 368 g/mol. The van der Waals surface area contributed by atoms with Gasteiger partial charge in [0.1, 0.15) is 6.61 Å². The van der Waals surface area contributed by atoms with Gasteiger partial charge in [0.15, 0.2) is 5.69 Å². The van der Waals surface area contributed by atoms with Crippen molar-refractivity contribution in [2.24, 2.45) is 0 Å². The predicted octanol–water partition coefficient (Wildman–Crippen LogP) is 4.54. The summed E-state index contributed by atoms with van der Waals surface area (Å²) in [4.78, 5) is 12.3. The molecule has 0 spiro atoms. The van der Waals surface area contributed by atoms with Crippen molar-refractivity contribution in [1.82, 2.24) is 15.0 Å². The Hall–Kier alpha value is -2.92. The van der Waals surface area contributed by atoms with Crippen LogP contribution in [0.3, 0.4) is 0 Å². The molecule has 26 heavy (non-hydrogen) atoms.